The van der Waals surface area contributed by atoms with Crippen LogP contribution in [0.3, 0.4) is 0 Å². The molecule has 1 saturated heterocycles. The molecule has 0 amide bonds. The van der Waals surface area contributed by atoms with Gasteiger partial charge in [-0.05, 0) is 25.1 Å². The Morgan fingerprint density at radius 3 is 2.76 bits per heavy atom. The van der Waals surface area contributed by atoms with Crippen molar-refractivity contribution in [3.63, 3.8) is 0 Å². The third-order valence-corrected chi connectivity index (χ3v) is 4.90. The van der Waals surface area contributed by atoms with Gasteiger partial charge in [0.2, 0.25) is 10.0 Å². The summed E-state index contributed by atoms with van der Waals surface area (Å²) in [6.07, 6.45) is 0. The first-order valence-electron chi connectivity index (χ1n) is 6.76. The van der Waals surface area contributed by atoms with Gasteiger partial charge in [-0.3, -0.25) is 4.90 Å². The molecule has 0 radical (unpaired) electrons. The smallest absolute Gasteiger partial charge is 0.243 e. The lowest BCUT2D eigenvalue weighted by Gasteiger charge is -2.29. The molecule has 8 heteroatoms. The molecule has 0 spiro atoms. The van der Waals surface area contributed by atoms with E-state index in [0.717, 1.165) is 25.2 Å². The highest BCUT2D eigenvalue weighted by Crippen LogP contribution is 2.19. The van der Waals surface area contributed by atoms with Crippen molar-refractivity contribution >= 4 is 15.7 Å². The molecule has 2 rings (SSSR count). The van der Waals surface area contributed by atoms with Crippen molar-refractivity contribution < 1.29 is 17.5 Å². The zero-order valence-corrected chi connectivity index (χ0v) is 12.7. The fourth-order valence-corrected chi connectivity index (χ4v) is 3.65. The minimum absolute atomic E-state index is 0.0301. The maximum absolute atomic E-state index is 13.2. The summed E-state index contributed by atoms with van der Waals surface area (Å²) in [5, 5.41) is 0. The lowest BCUT2D eigenvalue weighted by atomic mass is 10.3. The number of halogens is 1. The van der Waals surface area contributed by atoms with Gasteiger partial charge in [-0.1, -0.05) is 0 Å². The number of nitrogen functional groups attached to an aromatic ring is 1. The summed E-state index contributed by atoms with van der Waals surface area (Å²) in [5.74, 6) is -0.634. The molecule has 1 aromatic carbocycles. The minimum Gasteiger partial charge on any atom is -0.398 e. The highest BCUT2D eigenvalue weighted by molar-refractivity contribution is 7.89. The van der Waals surface area contributed by atoms with Crippen LogP contribution < -0.4 is 10.5 Å². The van der Waals surface area contributed by atoms with Gasteiger partial charge in [-0.25, -0.2) is 17.5 Å². The molecule has 118 valence electrons. The highest BCUT2D eigenvalue weighted by Gasteiger charge is 2.22. The zero-order chi connectivity index (χ0) is 15.5. The number of nitrogens with one attached hydrogen (secondary N) is 1. The third-order valence-electron chi connectivity index (χ3n) is 3.26. The van der Waals surface area contributed by atoms with Crippen molar-refractivity contribution in [2.45, 2.75) is 17.9 Å². The summed E-state index contributed by atoms with van der Waals surface area (Å²) in [6, 6.07) is 3.00. The average Bonchev–Trinajstić information content (AvgIpc) is 2.41. The van der Waals surface area contributed by atoms with Crippen molar-refractivity contribution in [1.82, 2.24) is 9.62 Å². The number of ether oxygens (including phenoxy) is 1. The molecule has 1 aliphatic rings. The largest absolute Gasteiger partial charge is 0.398 e. The van der Waals surface area contributed by atoms with Crippen LogP contribution in [0.5, 0.6) is 0 Å². The van der Waals surface area contributed by atoms with E-state index in [1.807, 2.05) is 0 Å². The number of morpholine rings is 1. The molecule has 1 aromatic rings. The summed E-state index contributed by atoms with van der Waals surface area (Å²) in [6.45, 7) is 5.18. The van der Waals surface area contributed by atoms with Crippen LogP contribution in [-0.2, 0) is 14.8 Å². The van der Waals surface area contributed by atoms with Crippen LogP contribution in [0.15, 0.2) is 23.1 Å². The Morgan fingerprint density at radius 2 is 2.10 bits per heavy atom. The molecular weight excluding hydrogens is 297 g/mol. The molecule has 3 N–H and O–H groups in total. The van der Waals surface area contributed by atoms with Crippen molar-refractivity contribution in [1.29, 1.82) is 0 Å². The standard InChI is InChI=1S/C13H20FN3O3S/c1-10(9-17-4-6-20-7-5-17)16-21(18,19)13-8-11(14)2-3-12(13)15/h2-3,8,10,16H,4-7,9,15H2,1H3. The average molecular weight is 317 g/mol. The molecule has 1 unspecified atom stereocenters. The van der Waals surface area contributed by atoms with Gasteiger partial charge in [0.05, 0.1) is 18.9 Å². The minimum atomic E-state index is -3.84. The molecule has 0 aliphatic carbocycles. The second-order valence-electron chi connectivity index (χ2n) is 5.12. The van der Waals surface area contributed by atoms with Crippen LogP contribution in [0.2, 0.25) is 0 Å². The van der Waals surface area contributed by atoms with E-state index < -0.39 is 15.8 Å². The van der Waals surface area contributed by atoms with E-state index in [0.29, 0.717) is 19.8 Å². The number of nitrogens with zero attached hydrogens (tertiary/aromatic N) is 1. The fourth-order valence-electron chi connectivity index (χ4n) is 2.28. The maximum Gasteiger partial charge on any atom is 0.243 e. The number of anilines is 1. The predicted octanol–water partition coefficient (Wildman–Crippen LogP) is 0.407. The fraction of sp³-hybridized carbons (Fsp3) is 0.538. The number of benzene rings is 1. The first-order chi connectivity index (χ1) is 9.88. The number of nitrogens with two attached hydrogens (primary N) is 1. The Balaban J connectivity index is 2.04. The third kappa shape index (κ3) is 4.37. The van der Waals surface area contributed by atoms with Gasteiger partial charge in [0, 0.05) is 25.7 Å². The second-order valence-corrected chi connectivity index (χ2v) is 6.80. The van der Waals surface area contributed by atoms with Gasteiger partial charge in [0.25, 0.3) is 0 Å². The predicted molar refractivity (Wildman–Crippen MR) is 77.9 cm³/mol. The van der Waals surface area contributed by atoms with E-state index in [-0.39, 0.29) is 16.6 Å². The van der Waals surface area contributed by atoms with Crippen LogP contribution in [-0.4, -0.2) is 52.2 Å². The Labute approximate surface area is 124 Å². The molecule has 0 saturated carbocycles. The van der Waals surface area contributed by atoms with Crippen LogP contribution in [0.25, 0.3) is 0 Å². The van der Waals surface area contributed by atoms with Crippen LogP contribution in [0.1, 0.15) is 6.92 Å². The molecule has 1 heterocycles. The molecule has 1 aliphatic heterocycles. The van der Waals surface area contributed by atoms with Gasteiger partial charge >= 0.3 is 0 Å². The van der Waals surface area contributed by atoms with Crippen molar-refractivity contribution in [3.05, 3.63) is 24.0 Å². The number of sulfonamides is 1. The van der Waals surface area contributed by atoms with Gasteiger partial charge in [-0.2, -0.15) is 0 Å². The van der Waals surface area contributed by atoms with Crippen molar-refractivity contribution in [3.8, 4) is 0 Å². The van der Waals surface area contributed by atoms with Gasteiger partial charge in [0.1, 0.15) is 10.7 Å². The molecule has 1 atom stereocenters. The summed E-state index contributed by atoms with van der Waals surface area (Å²) in [7, 11) is -3.84. The number of hydrogen-bond acceptors (Lipinski definition) is 5. The summed E-state index contributed by atoms with van der Waals surface area (Å²) in [4.78, 5) is 1.89. The zero-order valence-electron chi connectivity index (χ0n) is 11.9. The normalized spacial score (nSPS) is 18.6. The topological polar surface area (TPSA) is 84.7 Å². The Morgan fingerprint density at radius 1 is 1.43 bits per heavy atom. The van der Waals surface area contributed by atoms with E-state index in [1.54, 1.807) is 6.92 Å². The lowest BCUT2D eigenvalue weighted by molar-refractivity contribution is 0.0354. The quantitative estimate of drug-likeness (QED) is 0.768. The molecule has 21 heavy (non-hydrogen) atoms. The second kappa shape index (κ2) is 6.69. The number of hydrogen-bond donors (Lipinski definition) is 2. The first kappa shape index (κ1) is 16.2. The number of rotatable bonds is 5. The molecule has 6 nitrogen and oxygen atoms in total. The Kier molecular flexibility index (Phi) is 5.15. The Hall–Kier alpha value is -1.22. The van der Waals surface area contributed by atoms with Gasteiger partial charge in [0.15, 0.2) is 0 Å². The van der Waals surface area contributed by atoms with Crippen molar-refractivity contribution in [2.24, 2.45) is 0 Å². The molecule has 0 bridgehead atoms. The summed E-state index contributed by atoms with van der Waals surface area (Å²) < 4.78 is 45.5. The first-order valence-corrected chi connectivity index (χ1v) is 8.24. The van der Waals surface area contributed by atoms with Gasteiger partial charge < -0.3 is 10.5 Å². The van der Waals surface area contributed by atoms with Crippen molar-refractivity contribution in [2.75, 3.05) is 38.6 Å². The molecule has 0 aromatic heterocycles. The summed E-state index contributed by atoms with van der Waals surface area (Å²) >= 11 is 0. The van der Waals surface area contributed by atoms with Crippen LogP contribution in [0.4, 0.5) is 10.1 Å². The lowest BCUT2D eigenvalue weighted by Crippen LogP contribution is -2.46. The highest BCUT2D eigenvalue weighted by atomic mass is 32.2. The van der Waals surface area contributed by atoms with E-state index >= 15 is 0 Å². The Bertz CT molecular complexity index is 588. The van der Waals surface area contributed by atoms with Gasteiger partial charge in [-0.15, -0.1) is 0 Å². The van der Waals surface area contributed by atoms with E-state index in [1.165, 1.54) is 6.07 Å². The summed E-state index contributed by atoms with van der Waals surface area (Å²) in [5.41, 5.74) is 5.65. The maximum atomic E-state index is 13.2. The molecular formula is C13H20FN3O3S. The van der Waals surface area contributed by atoms with E-state index in [4.69, 9.17) is 10.5 Å². The van der Waals surface area contributed by atoms with Crippen LogP contribution >= 0.6 is 0 Å². The SMILES string of the molecule is CC(CN1CCOCC1)NS(=O)(=O)c1cc(F)ccc1N. The molecule has 1 fully saturated rings. The van der Waals surface area contributed by atoms with Crippen LogP contribution in [0, 0.1) is 5.82 Å². The monoisotopic (exact) mass is 317 g/mol. The van der Waals surface area contributed by atoms with E-state index in [2.05, 4.69) is 9.62 Å². The van der Waals surface area contributed by atoms with E-state index in [9.17, 15) is 12.8 Å².